The predicted molar refractivity (Wildman–Crippen MR) is 81.3 cm³/mol. The van der Waals surface area contributed by atoms with Gasteiger partial charge in [-0.15, -0.1) is 0 Å². The molecule has 2 rings (SSSR count). The number of hydrogen-bond acceptors (Lipinski definition) is 4. The van der Waals surface area contributed by atoms with Gasteiger partial charge in [-0.25, -0.2) is 0 Å². The summed E-state index contributed by atoms with van der Waals surface area (Å²) in [5.41, 5.74) is 2.26. The molecule has 0 aliphatic carbocycles. The summed E-state index contributed by atoms with van der Waals surface area (Å²) in [6, 6.07) is 14.6. The zero-order valence-electron chi connectivity index (χ0n) is 12.1. The van der Waals surface area contributed by atoms with E-state index in [9.17, 15) is 10.1 Å². The summed E-state index contributed by atoms with van der Waals surface area (Å²) in [5.74, 6) is 0.830. The first-order valence-corrected chi connectivity index (χ1v) is 6.71. The van der Waals surface area contributed by atoms with Gasteiger partial charge in [-0.05, 0) is 30.2 Å². The lowest BCUT2D eigenvalue weighted by Gasteiger charge is -2.15. The second-order valence-corrected chi connectivity index (χ2v) is 4.80. The number of nitro benzene ring substituents is 1. The van der Waals surface area contributed by atoms with Gasteiger partial charge in [0.2, 0.25) is 0 Å². The molecule has 2 aromatic rings. The average molecular weight is 286 g/mol. The van der Waals surface area contributed by atoms with E-state index in [0.29, 0.717) is 6.54 Å². The molecule has 0 radical (unpaired) electrons. The molecule has 0 bridgehead atoms. The molecule has 0 unspecified atom stereocenters. The van der Waals surface area contributed by atoms with Gasteiger partial charge in [-0.3, -0.25) is 10.1 Å². The van der Waals surface area contributed by atoms with Gasteiger partial charge < -0.3 is 10.1 Å². The topological polar surface area (TPSA) is 64.4 Å². The number of methoxy groups -OCH3 is 1. The molecule has 21 heavy (non-hydrogen) atoms. The van der Waals surface area contributed by atoms with Crippen LogP contribution in [0.4, 0.5) is 5.69 Å². The quantitative estimate of drug-likeness (QED) is 0.652. The van der Waals surface area contributed by atoms with Crippen molar-refractivity contribution >= 4 is 5.69 Å². The van der Waals surface area contributed by atoms with Gasteiger partial charge in [-0.2, -0.15) is 0 Å². The Kier molecular flexibility index (Phi) is 4.90. The highest BCUT2D eigenvalue weighted by atomic mass is 16.6. The first-order valence-electron chi connectivity index (χ1n) is 6.71. The molecule has 1 atom stereocenters. The maximum Gasteiger partial charge on any atom is 0.269 e. The Labute approximate surface area is 123 Å². The normalized spacial score (nSPS) is 11.9. The second kappa shape index (κ2) is 6.85. The number of hydrogen-bond donors (Lipinski definition) is 1. The highest BCUT2D eigenvalue weighted by Crippen LogP contribution is 2.19. The van der Waals surface area contributed by atoms with Crippen molar-refractivity contribution in [1.82, 2.24) is 5.32 Å². The van der Waals surface area contributed by atoms with Gasteiger partial charge in [0, 0.05) is 24.7 Å². The first-order chi connectivity index (χ1) is 10.1. The molecule has 0 saturated heterocycles. The first kappa shape index (κ1) is 15.0. The molecule has 5 nitrogen and oxygen atoms in total. The van der Waals surface area contributed by atoms with Crippen LogP contribution in [0.3, 0.4) is 0 Å². The number of ether oxygens (including phenoxy) is 1. The number of nitrogens with zero attached hydrogens (tertiary/aromatic N) is 1. The van der Waals surface area contributed by atoms with E-state index >= 15 is 0 Å². The van der Waals surface area contributed by atoms with E-state index in [1.807, 2.05) is 24.3 Å². The highest BCUT2D eigenvalue weighted by Gasteiger charge is 2.07. The largest absolute Gasteiger partial charge is 0.497 e. The lowest BCUT2D eigenvalue weighted by atomic mass is 10.1. The number of rotatable bonds is 6. The van der Waals surface area contributed by atoms with E-state index in [2.05, 4.69) is 12.2 Å². The maximum atomic E-state index is 10.6. The summed E-state index contributed by atoms with van der Waals surface area (Å²) in [6.45, 7) is 2.72. The Morgan fingerprint density at radius 2 is 1.95 bits per heavy atom. The van der Waals surface area contributed by atoms with Crippen LogP contribution < -0.4 is 10.1 Å². The van der Waals surface area contributed by atoms with E-state index in [1.165, 1.54) is 12.1 Å². The van der Waals surface area contributed by atoms with Crippen LogP contribution >= 0.6 is 0 Å². The van der Waals surface area contributed by atoms with E-state index < -0.39 is 4.92 Å². The third-order valence-electron chi connectivity index (χ3n) is 3.35. The van der Waals surface area contributed by atoms with Gasteiger partial charge in [0.05, 0.1) is 12.0 Å². The van der Waals surface area contributed by atoms with Gasteiger partial charge in [0.1, 0.15) is 5.75 Å². The fraction of sp³-hybridized carbons (Fsp3) is 0.250. The summed E-state index contributed by atoms with van der Waals surface area (Å²) in [6.07, 6.45) is 0. The molecule has 2 aromatic carbocycles. The zero-order chi connectivity index (χ0) is 15.2. The Balaban J connectivity index is 1.96. The monoisotopic (exact) mass is 286 g/mol. The molecule has 5 heteroatoms. The molecule has 0 fully saturated rings. The van der Waals surface area contributed by atoms with Crippen LogP contribution in [0.5, 0.6) is 5.75 Å². The third-order valence-corrected chi connectivity index (χ3v) is 3.35. The van der Waals surface area contributed by atoms with Gasteiger partial charge in [0.25, 0.3) is 5.69 Å². The summed E-state index contributed by atoms with van der Waals surface area (Å²) in [7, 11) is 1.65. The van der Waals surface area contributed by atoms with Crippen molar-refractivity contribution < 1.29 is 9.66 Å². The van der Waals surface area contributed by atoms with Crippen LogP contribution in [0.1, 0.15) is 24.1 Å². The summed E-state index contributed by atoms with van der Waals surface area (Å²) in [5, 5.41) is 14.0. The molecule has 0 aliphatic rings. The van der Waals surface area contributed by atoms with Crippen molar-refractivity contribution in [2.24, 2.45) is 0 Å². The van der Waals surface area contributed by atoms with E-state index in [1.54, 1.807) is 19.2 Å². The molecular formula is C16H18N2O3. The van der Waals surface area contributed by atoms with Crippen molar-refractivity contribution in [2.45, 2.75) is 19.5 Å². The van der Waals surface area contributed by atoms with Crippen molar-refractivity contribution in [3.8, 4) is 5.75 Å². The highest BCUT2D eigenvalue weighted by molar-refractivity contribution is 5.33. The smallest absolute Gasteiger partial charge is 0.269 e. The fourth-order valence-corrected chi connectivity index (χ4v) is 2.04. The second-order valence-electron chi connectivity index (χ2n) is 4.80. The molecule has 0 aliphatic heterocycles. The average Bonchev–Trinajstić information content (AvgIpc) is 2.53. The standard InChI is InChI=1S/C16H18N2O3/c1-12(14-4-3-5-16(10-14)21-2)17-11-13-6-8-15(9-7-13)18(19)20/h3-10,12,17H,11H2,1-2H3/t12-/m0/s1. The Hall–Kier alpha value is -2.40. The maximum absolute atomic E-state index is 10.6. The summed E-state index contributed by atoms with van der Waals surface area (Å²) >= 11 is 0. The summed E-state index contributed by atoms with van der Waals surface area (Å²) < 4.78 is 5.21. The van der Waals surface area contributed by atoms with Crippen molar-refractivity contribution in [2.75, 3.05) is 7.11 Å². The van der Waals surface area contributed by atoms with Crippen molar-refractivity contribution in [1.29, 1.82) is 0 Å². The van der Waals surface area contributed by atoms with Crippen LogP contribution in [0.2, 0.25) is 0 Å². The molecule has 110 valence electrons. The van der Waals surface area contributed by atoms with Gasteiger partial charge in [-0.1, -0.05) is 24.3 Å². The minimum Gasteiger partial charge on any atom is -0.497 e. The minimum absolute atomic E-state index is 0.111. The van der Waals surface area contributed by atoms with Crippen LogP contribution in [0, 0.1) is 10.1 Å². The molecule has 0 heterocycles. The van der Waals surface area contributed by atoms with Crippen LogP contribution in [0.25, 0.3) is 0 Å². The van der Waals surface area contributed by atoms with Crippen LogP contribution in [0.15, 0.2) is 48.5 Å². The minimum atomic E-state index is -0.393. The molecule has 0 spiro atoms. The van der Waals surface area contributed by atoms with E-state index in [0.717, 1.165) is 16.9 Å². The third kappa shape index (κ3) is 4.03. The van der Waals surface area contributed by atoms with Crippen LogP contribution in [-0.4, -0.2) is 12.0 Å². The number of nitrogens with one attached hydrogen (secondary N) is 1. The van der Waals surface area contributed by atoms with Crippen molar-refractivity contribution in [3.05, 3.63) is 69.8 Å². The number of nitro groups is 1. The molecule has 1 N–H and O–H groups in total. The number of benzene rings is 2. The fourth-order valence-electron chi connectivity index (χ4n) is 2.04. The Bertz CT molecular complexity index is 611. The SMILES string of the molecule is COc1cccc([C@H](C)NCc2ccc([N+](=O)[O-])cc2)c1. The molecule has 0 aromatic heterocycles. The lowest BCUT2D eigenvalue weighted by molar-refractivity contribution is -0.384. The summed E-state index contributed by atoms with van der Waals surface area (Å²) in [4.78, 5) is 10.2. The van der Waals surface area contributed by atoms with E-state index in [4.69, 9.17) is 4.74 Å². The Morgan fingerprint density at radius 1 is 1.24 bits per heavy atom. The number of non-ortho nitro benzene ring substituents is 1. The van der Waals surface area contributed by atoms with Gasteiger partial charge >= 0.3 is 0 Å². The molecular weight excluding hydrogens is 268 g/mol. The van der Waals surface area contributed by atoms with Gasteiger partial charge in [0.15, 0.2) is 0 Å². The van der Waals surface area contributed by atoms with Crippen LogP contribution in [-0.2, 0) is 6.54 Å². The van der Waals surface area contributed by atoms with E-state index in [-0.39, 0.29) is 11.7 Å². The molecule has 0 amide bonds. The zero-order valence-corrected chi connectivity index (χ0v) is 12.1. The van der Waals surface area contributed by atoms with Crippen molar-refractivity contribution in [3.63, 3.8) is 0 Å². The molecule has 0 saturated carbocycles. The Morgan fingerprint density at radius 3 is 2.57 bits per heavy atom. The lowest BCUT2D eigenvalue weighted by Crippen LogP contribution is -2.18. The predicted octanol–water partition coefficient (Wildman–Crippen LogP) is 3.45.